The number of rotatable bonds is 8. The maximum atomic E-state index is 12.8. The molecule has 8 nitrogen and oxygen atoms in total. The first-order valence-electron chi connectivity index (χ1n) is 8.37. The Bertz CT molecular complexity index is 928. The Balaban J connectivity index is 2.34. The van der Waals surface area contributed by atoms with Crippen molar-refractivity contribution < 1.29 is 27.4 Å². The largest absolute Gasteiger partial charge is 0.497 e. The fourth-order valence-electron chi connectivity index (χ4n) is 2.69. The Morgan fingerprint density at radius 2 is 1.54 bits per heavy atom. The Hall–Kier alpha value is -2.94. The molecule has 0 radical (unpaired) electrons. The number of methoxy groups -OCH3 is 3. The van der Waals surface area contributed by atoms with Gasteiger partial charge in [0, 0.05) is 6.07 Å². The van der Waals surface area contributed by atoms with E-state index in [-0.39, 0.29) is 0 Å². The molecule has 0 saturated carbocycles. The number of sulfonamides is 1. The van der Waals surface area contributed by atoms with Crippen LogP contribution in [0.5, 0.6) is 17.2 Å². The van der Waals surface area contributed by atoms with Crippen LogP contribution >= 0.6 is 0 Å². The monoisotopic (exact) mass is 408 g/mol. The third kappa shape index (κ3) is 4.86. The van der Waals surface area contributed by atoms with Gasteiger partial charge in [0.1, 0.15) is 23.3 Å². The van der Waals surface area contributed by atoms with E-state index in [9.17, 15) is 13.2 Å². The Labute approximate surface area is 165 Å². The lowest BCUT2D eigenvalue weighted by Crippen LogP contribution is -2.45. The molecule has 1 unspecified atom stereocenters. The maximum absolute atomic E-state index is 12.8. The highest BCUT2D eigenvalue weighted by molar-refractivity contribution is 7.92. The molecule has 0 aliphatic heterocycles. The average Bonchev–Trinajstić information content (AvgIpc) is 2.67. The molecule has 0 bridgehead atoms. The van der Waals surface area contributed by atoms with Crippen LogP contribution in [0.4, 0.5) is 11.4 Å². The first-order chi connectivity index (χ1) is 13.2. The number of ether oxygens (including phenoxy) is 3. The molecule has 0 saturated heterocycles. The minimum Gasteiger partial charge on any atom is -0.497 e. The summed E-state index contributed by atoms with van der Waals surface area (Å²) in [7, 11) is 0.766. The normalized spacial score (nSPS) is 12.0. The number of hydrogen-bond donors (Lipinski definition) is 1. The Morgan fingerprint density at radius 1 is 0.964 bits per heavy atom. The second kappa shape index (κ2) is 8.83. The van der Waals surface area contributed by atoms with Crippen molar-refractivity contribution in [2.24, 2.45) is 0 Å². The minimum atomic E-state index is -3.73. The van der Waals surface area contributed by atoms with Gasteiger partial charge in [-0.3, -0.25) is 9.10 Å². The van der Waals surface area contributed by atoms with Gasteiger partial charge in [-0.25, -0.2) is 8.42 Å². The van der Waals surface area contributed by atoms with Crippen LogP contribution in [0.3, 0.4) is 0 Å². The van der Waals surface area contributed by atoms with Gasteiger partial charge in [-0.15, -0.1) is 0 Å². The lowest BCUT2D eigenvalue weighted by molar-refractivity contribution is -0.116. The first kappa shape index (κ1) is 21.4. The molecular formula is C19H24N2O6S. The minimum absolute atomic E-state index is 0.351. The van der Waals surface area contributed by atoms with Gasteiger partial charge in [-0.1, -0.05) is 0 Å². The van der Waals surface area contributed by atoms with Crippen molar-refractivity contribution >= 4 is 27.3 Å². The SMILES string of the molecule is COc1ccc(N(C(C)C(=O)Nc2cc(OC)ccc2OC)S(C)(=O)=O)cc1. The molecular weight excluding hydrogens is 384 g/mol. The number of nitrogens with zero attached hydrogens (tertiary/aromatic N) is 1. The summed E-state index contributed by atoms with van der Waals surface area (Å²) >= 11 is 0. The molecule has 1 amide bonds. The predicted octanol–water partition coefficient (Wildman–Crippen LogP) is 2.51. The number of carbonyl (C=O) groups excluding carboxylic acids is 1. The molecule has 28 heavy (non-hydrogen) atoms. The van der Waals surface area contributed by atoms with E-state index in [0.29, 0.717) is 28.6 Å². The second-order valence-corrected chi connectivity index (χ2v) is 7.85. The van der Waals surface area contributed by atoms with Crippen molar-refractivity contribution in [1.29, 1.82) is 0 Å². The van der Waals surface area contributed by atoms with Crippen molar-refractivity contribution in [2.45, 2.75) is 13.0 Å². The van der Waals surface area contributed by atoms with Crippen LogP contribution in [-0.4, -0.2) is 48.0 Å². The molecule has 9 heteroatoms. The molecule has 0 aromatic heterocycles. The summed E-state index contributed by atoms with van der Waals surface area (Å²) in [5.74, 6) is 1.01. The smallest absolute Gasteiger partial charge is 0.248 e. The summed E-state index contributed by atoms with van der Waals surface area (Å²) in [5.41, 5.74) is 0.727. The van der Waals surface area contributed by atoms with Crippen LogP contribution in [-0.2, 0) is 14.8 Å². The molecule has 0 fully saturated rings. The van der Waals surface area contributed by atoms with E-state index in [1.54, 1.807) is 42.5 Å². The van der Waals surface area contributed by atoms with Gasteiger partial charge in [0.15, 0.2) is 0 Å². The molecule has 0 spiro atoms. The predicted molar refractivity (Wildman–Crippen MR) is 108 cm³/mol. The van der Waals surface area contributed by atoms with Crippen molar-refractivity contribution in [3.63, 3.8) is 0 Å². The molecule has 152 valence electrons. The lowest BCUT2D eigenvalue weighted by Gasteiger charge is -2.28. The van der Waals surface area contributed by atoms with Crippen LogP contribution in [0, 0.1) is 0 Å². The number of amides is 1. The average molecular weight is 408 g/mol. The van der Waals surface area contributed by atoms with Crippen molar-refractivity contribution in [3.05, 3.63) is 42.5 Å². The summed E-state index contributed by atoms with van der Waals surface area (Å²) in [6, 6.07) is 10.3. The quantitative estimate of drug-likeness (QED) is 0.721. The molecule has 2 rings (SSSR count). The zero-order valence-electron chi connectivity index (χ0n) is 16.4. The number of hydrogen-bond acceptors (Lipinski definition) is 6. The molecule has 1 N–H and O–H groups in total. The lowest BCUT2D eigenvalue weighted by atomic mass is 10.2. The van der Waals surface area contributed by atoms with Crippen molar-refractivity contribution in [3.8, 4) is 17.2 Å². The van der Waals surface area contributed by atoms with Gasteiger partial charge < -0.3 is 19.5 Å². The zero-order valence-corrected chi connectivity index (χ0v) is 17.2. The number of benzene rings is 2. The van der Waals surface area contributed by atoms with E-state index in [4.69, 9.17) is 14.2 Å². The van der Waals surface area contributed by atoms with Crippen LogP contribution in [0.15, 0.2) is 42.5 Å². The fraction of sp³-hybridized carbons (Fsp3) is 0.316. The maximum Gasteiger partial charge on any atom is 0.248 e. The van der Waals surface area contributed by atoms with E-state index >= 15 is 0 Å². The summed E-state index contributed by atoms with van der Waals surface area (Å²) in [4.78, 5) is 12.8. The number of carbonyl (C=O) groups is 1. The first-order valence-corrected chi connectivity index (χ1v) is 10.2. The highest BCUT2D eigenvalue weighted by atomic mass is 32.2. The van der Waals surface area contributed by atoms with E-state index in [1.165, 1.54) is 28.3 Å². The molecule has 0 aliphatic carbocycles. The Kier molecular flexibility index (Phi) is 6.74. The van der Waals surface area contributed by atoms with Gasteiger partial charge >= 0.3 is 0 Å². The highest BCUT2D eigenvalue weighted by Gasteiger charge is 2.29. The molecule has 0 heterocycles. The van der Waals surface area contributed by atoms with Gasteiger partial charge in [0.25, 0.3) is 0 Å². The van der Waals surface area contributed by atoms with Gasteiger partial charge in [-0.05, 0) is 43.3 Å². The van der Waals surface area contributed by atoms with E-state index in [0.717, 1.165) is 10.6 Å². The van der Waals surface area contributed by atoms with Crippen LogP contribution < -0.4 is 23.8 Å². The van der Waals surface area contributed by atoms with Crippen LogP contribution in [0.25, 0.3) is 0 Å². The summed E-state index contributed by atoms with van der Waals surface area (Å²) in [6.45, 7) is 1.51. The molecule has 2 aromatic carbocycles. The van der Waals surface area contributed by atoms with Gasteiger partial charge in [-0.2, -0.15) is 0 Å². The van der Waals surface area contributed by atoms with E-state index in [2.05, 4.69) is 5.32 Å². The fourth-order valence-corrected chi connectivity index (χ4v) is 3.86. The van der Waals surface area contributed by atoms with Crippen molar-refractivity contribution in [2.75, 3.05) is 37.2 Å². The third-order valence-corrected chi connectivity index (χ3v) is 5.32. The van der Waals surface area contributed by atoms with Crippen LogP contribution in [0.1, 0.15) is 6.92 Å². The standard InChI is InChI=1S/C19H24N2O6S/c1-13(19(22)20-17-12-16(26-3)10-11-18(17)27-4)21(28(5,23)24)14-6-8-15(25-2)9-7-14/h6-13H,1-5H3,(H,20,22). The van der Waals surface area contributed by atoms with E-state index in [1.807, 2.05) is 0 Å². The van der Waals surface area contributed by atoms with Crippen LogP contribution in [0.2, 0.25) is 0 Å². The van der Waals surface area contributed by atoms with Crippen molar-refractivity contribution in [1.82, 2.24) is 0 Å². The van der Waals surface area contributed by atoms with E-state index < -0.39 is 22.0 Å². The number of nitrogens with one attached hydrogen (secondary N) is 1. The number of anilines is 2. The van der Waals surface area contributed by atoms with Gasteiger partial charge in [0.05, 0.1) is 39.0 Å². The molecule has 2 aromatic rings. The van der Waals surface area contributed by atoms with Gasteiger partial charge in [0.2, 0.25) is 15.9 Å². The molecule has 1 atom stereocenters. The topological polar surface area (TPSA) is 94.2 Å². The second-order valence-electron chi connectivity index (χ2n) is 5.99. The highest BCUT2D eigenvalue weighted by Crippen LogP contribution is 2.30. The zero-order chi connectivity index (χ0) is 20.9. The summed E-state index contributed by atoms with van der Waals surface area (Å²) in [5, 5.41) is 2.71. The molecule has 0 aliphatic rings. The Morgan fingerprint density at radius 3 is 2.04 bits per heavy atom. The summed E-state index contributed by atoms with van der Waals surface area (Å²) in [6.07, 6.45) is 1.05. The third-order valence-electron chi connectivity index (χ3n) is 4.08. The summed E-state index contributed by atoms with van der Waals surface area (Å²) < 4.78 is 41.3.